The Labute approximate surface area is 186 Å². The van der Waals surface area contributed by atoms with Crippen molar-refractivity contribution in [1.29, 1.82) is 0 Å². The van der Waals surface area contributed by atoms with E-state index in [4.69, 9.17) is 0 Å². The first kappa shape index (κ1) is 27.7. The fourth-order valence-electron chi connectivity index (χ4n) is 4.08. The van der Waals surface area contributed by atoms with Crippen molar-refractivity contribution in [3.8, 4) is 0 Å². The first-order valence-electron chi connectivity index (χ1n) is 8.50. The van der Waals surface area contributed by atoms with Crippen LogP contribution >= 0.6 is 0 Å². The third-order valence-corrected chi connectivity index (χ3v) is 10.8. The third kappa shape index (κ3) is 5.99. The first-order chi connectivity index (χ1) is 10.3. The molecule has 0 N–H and O–H groups in total. The Morgan fingerprint density at radius 2 is 1.48 bits per heavy atom. The maximum Gasteiger partial charge on any atom is -1.00 e. The SMILES string of the molecule is CCCC[Si](C)(C1=C(C)C[C]([Ti+3])=C1C)c1cc(C)cc(C)c1.[Cl-].[Cl-].[Cl-]. The predicted molar refractivity (Wildman–Crippen MR) is 96.9 cm³/mol. The van der Waals surface area contributed by atoms with Crippen molar-refractivity contribution in [2.45, 2.75) is 66.5 Å². The number of halogens is 3. The van der Waals surface area contributed by atoms with Gasteiger partial charge in [0.2, 0.25) is 0 Å². The van der Waals surface area contributed by atoms with Crippen molar-refractivity contribution >= 4 is 13.3 Å². The summed E-state index contributed by atoms with van der Waals surface area (Å²) in [6, 6.07) is 8.62. The van der Waals surface area contributed by atoms with E-state index in [1.165, 1.54) is 36.4 Å². The molecular formula is C20H29Cl3SiTi. The second-order valence-electron chi connectivity index (χ2n) is 7.25. The molecule has 1 atom stereocenters. The zero-order valence-corrected chi connectivity index (χ0v) is 21.0. The van der Waals surface area contributed by atoms with Gasteiger partial charge in [-0.2, -0.15) is 0 Å². The molecule has 0 bridgehead atoms. The van der Waals surface area contributed by atoms with E-state index >= 15 is 0 Å². The second-order valence-corrected chi connectivity index (χ2v) is 12.4. The van der Waals surface area contributed by atoms with Gasteiger partial charge in [-0.3, -0.25) is 0 Å². The minimum Gasteiger partial charge on any atom is -1.00 e. The summed E-state index contributed by atoms with van der Waals surface area (Å²) in [5.74, 6) is 0. The molecule has 138 valence electrons. The van der Waals surface area contributed by atoms with E-state index in [9.17, 15) is 0 Å². The standard InChI is InChI=1S/C20H29Si.3ClH.Ti/c1-7-8-11-21(6,20-17(4)9-10-18(20)5)19-13-15(2)12-16(3)14-19;;;;/h12-14H,7-9,11H2,1-6H3;3*1H;/q;;;;+3/p-3. The number of hydrogen-bond donors (Lipinski definition) is 0. The summed E-state index contributed by atoms with van der Waals surface area (Å²) < 4.78 is 1.59. The maximum atomic E-state index is 2.61. The Kier molecular flexibility index (Phi) is 12.6. The van der Waals surface area contributed by atoms with E-state index in [-0.39, 0.29) is 37.2 Å². The van der Waals surface area contributed by atoms with Crippen LogP contribution in [0.25, 0.3) is 0 Å². The van der Waals surface area contributed by atoms with Crippen molar-refractivity contribution in [2.24, 2.45) is 0 Å². The molecule has 1 aromatic rings. The van der Waals surface area contributed by atoms with Gasteiger partial charge in [0.05, 0.1) is 0 Å². The minimum atomic E-state index is -1.62. The van der Waals surface area contributed by atoms with Crippen LogP contribution in [0, 0.1) is 13.8 Å². The molecule has 1 unspecified atom stereocenters. The van der Waals surface area contributed by atoms with Crippen molar-refractivity contribution in [3.63, 3.8) is 0 Å². The van der Waals surface area contributed by atoms with Gasteiger partial charge in [-0.25, -0.2) is 0 Å². The molecule has 0 heterocycles. The Balaban J connectivity index is 0. The number of unbranched alkanes of at least 4 members (excludes halogenated alkanes) is 1. The maximum absolute atomic E-state index is 2.61. The van der Waals surface area contributed by atoms with Crippen LogP contribution in [0.15, 0.2) is 38.4 Å². The van der Waals surface area contributed by atoms with Crippen LogP contribution in [0.3, 0.4) is 0 Å². The van der Waals surface area contributed by atoms with Gasteiger partial charge < -0.3 is 37.2 Å². The zero-order valence-electron chi connectivity index (χ0n) is 16.2. The average Bonchev–Trinajstić information content (AvgIpc) is 2.69. The molecule has 25 heavy (non-hydrogen) atoms. The molecule has 0 radical (unpaired) electrons. The van der Waals surface area contributed by atoms with E-state index in [0.29, 0.717) is 0 Å². The summed E-state index contributed by atoms with van der Waals surface area (Å²) in [7, 11) is -1.62. The number of rotatable bonds is 5. The molecule has 0 nitrogen and oxygen atoms in total. The van der Waals surface area contributed by atoms with Gasteiger partial charge in [0, 0.05) is 0 Å². The molecule has 0 aliphatic heterocycles. The molecule has 1 aromatic carbocycles. The molecule has 0 saturated heterocycles. The van der Waals surface area contributed by atoms with Crippen LogP contribution in [-0.2, 0) is 20.4 Å². The Hall–Kier alpha value is 0.501. The fourth-order valence-corrected chi connectivity index (χ4v) is 9.87. The molecule has 1 aliphatic carbocycles. The summed E-state index contributed by atoms with van der Waals surface area (Å²) >= 11 is 2.32. The smallest absolute Gasteiger partial charge is 1.00 e. The van der Waals surface area contributed by atoms with Crippen LogP contribution in [0.5, 0.6) is 0 Å². The molecule has 0 amide bonds. The largest absolute Gasteiger partial charge is 1.00 e. The summed E-state index contributed by atoms with van der Waals surface area (Å²) in [4.78, 5) is 0. The van der Waals surface area contributed by atoms with E-state index in [2.05, 4.69) is 79.8 Å². The van der Waals surface area contributed by atoms with Crippen molar-refractivity contribution in [3.05, 3.63) is 49.5 Å². The van der Waals surface area contributed by atoms with Crippen LogP contribution in [0.1, 0.15) is 51.2 Å². The molecule has 0 spiro atoms. The van der Waals surface area contributed by atoms with Crippen molar-refractivity contribution in [2.75, 3.05) is 0 Å². The fraction of sp³-hybridized carbons (Fsp3) is 0.500. The average molecular weight is 452 g/mol. The van der Waals surface area contributed by atoms with E-state index in [1.54, 1.807) is 25.4 Å². The first-order valence-corrected chi connectivity index (χ1v) is 12.0. The number of aryl methyl sites for hydroxylation is 2. The second kappa shape index (κ2) is 11.4. The topological polar surface area (TPSA) is 0 Å². The van der Waals surface area contributed by atoms with Gasteiger partial charge in [0.25, 0.3) is 0 Å². The Morgan fingerprint density at radius 3 is 1.88 bits per heavy atom. The number of allylic oxidation sites excluding steroid dienone is 4. The quantitative estimate of drug-likeness (QED) is 0.407. The molecule has 0 aromatic heterocycles. The normalized spacial score (nSPS) is 16.0. The molecular weight excluding hydrogens is 423 g/mol. The summed E-state index contributed by atoms with van der Waals surface area (Å²) in [5.41, 5.74) is 6.07. The van der Waals surface area contributed by atoms with E-state index in [1.807, 2.05) is 0 Å². The minimum absolute atomic E-state index is 0. The number of benzene rings is 1. The molecule has 0 fully saturated rings. The van der Waals surface area contributed by atoms with E-state index < -0.39 is 8.07 Å². The van der Waals surface area contributed by atoms with Crippen LogP contribution < -0.4 is 42.4 Å². The summed E-state index contributed by atoms with van der Waals surface area (Å²) in [5, 5.41) is 3.39. The Morgan fingerprint density at radius 1 is 0.960 bits per heavy atom. The van der Waals surface area contributed by atoms with Crippen LogP contribution in [0.4, 0.5) is 0 Å². The molecule has 5 heteroatoms. The van der Waals surface area contributed by atoms with Crippen LogP contribution in [0.2, 0.25) is 12.6 Å². The summed E-state index contributed by atoms with van der Waals surface area (Å²) in [6.45, 7) is 14.2. The monoisotopic (exact) mass is 450 g/mol. The van der Waals surface area contributed by atoms with Gasteiger partial charge in [0.15, 0.2) is 0 Å². The van der Waals surface area contributed by atoms with Crippen molar-refractivity contribution in [1.82, 2.24) is 0 Å². The third-order valence-electron chi connectivity index (χ3n) is 5.14. The predicted octanol–water partition coefficient (Wildman–Crippen LogP) is -3.52. The Bertz CT molecular complexity index is 632. The zero-order chi connectivity index (χ0) is 16.5. The van der Waals surface area contributed by atoms with Gasteiger partial charge in [0.1, 0.15) is 0 Å². The van der Waals surface area contributed by atoms with Crippen molar-refractivity contribution < 1.29 is 57.7 Å². The van der Waals surface area contributed by atoms with Crippen LogP contribution in [-0.4, -0.2) is 8.07 Å². The summed E-state index contributed by atoms with van der Waals surface area (Å²) in [6.07, 6.45) is 3.83. The molecule has 0 saturated carbocycles. The van der Waals surface area contributed by atoms with Gasteiger partial charge >= 0.3 is 150 Å². The van der Waals surface area contributed by atoms with E-state index in [0.717, 1.165) is 0 Å². The molecule has 1 aliphatic rings. The van der Waals surface area contributed by atoms with Gasteiger partial charge in [-0.05, 0) is 0 Å². The van der Waals surface area contributed by atoms with Gasteiger partial charge in [-0.1, -0.05) is 0 Å². The number of hydrogen-bond acceptors (Lipinski definition) is 0. The molecule has 2 rings (SSSR count). The van der Waals surface area contributed by atoms with Gasteiger partial charge in [-0.15, -0.1) is 0 Å².